The van der Waals surface area contributed by atoms with E-state index in [2.05, 4.69) is 4.98 Å². The predicted octanol–water partition coefficient (Wildman–Crippen LogP) is 2.88. The van der Waals surface area contributed by atoms with Crippen LogP contribution in [0, 0.1) is 13.8 Å². The molecule has 1 aromatic carbocycles. The Morgan fingerprint density at radius 2 is 2.12 bits per heavy atom. The van der Waals surface area contributed by atoms with Crippen molar-refractivity contribution in [2.45, 2.75) is 13.8 Å². The van der Waals surface area contributed by atoms with Gasteiger partial charge in [-0.25, -0.2) is 4.79 Å². The second-order valence-corrected chi connectivity index (χ2v) is 3.83. The summed E-state index contributed by atoms with van der Waals surface area (Å²) in [5.74, 6) is -0.929. The predicted molar refractivity (Wildman–Crippen MR) is 64.4 cm³/mol. The van der Waals surface area contributed by atoms with Gasteiger partial charge in [-0.15, -0.1) is 0 Å². The van der Waals surface area contributed by atoms with Crippen molar-refractivity contribution < 1.29 is 9.90 Å². The van der Waals surface area contributed by atoms with Crippen LogP contribution < -0.4 is 0 Å². The van der Waals surface area contributed by atoms with E-state index in [4.69, 9.17) is 5.11 Å². The fourth-order valence-electron chi connectivity index (χ4n) is 1.88. The first-order valence-corrected chi connectivity index (χ1v) is 5.08. The number of H-pyrrole nitrogens is 1. The minimum Gasteiger partial charge on any atom is -0.478 e. The number of carboxylic acids is 1. The van der Waals surface area contributed by atoms with Crippen LogP contribution in [0.1, 0.15) is 16.8 Å². The lowest BCUT2D eigenvalue weighted by molar-refractivity contribution is -0.131. The van der Waals surface area contributed by atoms with Gasteiger partial charge in [0.1, 0.15) is 0 Å². The first-order chi connectivity index (χ1) is 7.59. The van der Waals surface area contributed by atoms with Crippen LogP contribution in [0.15, 0.2) is 24.3 Å². The lowest BCUT2D eigenvalue weighted by Crippen LogP contribution is -1.86. The summed E-state index contributed by atoms with van der Waals surface area (Å²) in [6.07, 6.45) is 2.80. The van der Waals surface area contributed by atoms with Gasteiger partial charge in [0, 0.05) is 28.2 Å². The molecule has 0 aliphatic rings. The van der Waals surface area contributed by atoms with Crippen LogP contribution in [-0.2, 0) is 4.79 Å². The van der Waals surface area contributed by atoms with E-state index in [1.165, 1.54) is 0 Å². The zero-order valence-electron chi connectivity index (χ0n) is 9.24. The van der Waals surface area contributed by atoms with Crippen molar-refractivity contribution in [1.29, 1.82) is 0 Å². The Kier molecular flexibility index (Phi) is 2.52. The number of carboxylic acid groups (broad SMARTS) is 1. The number of nitrogens with one attached hydrogen (secondary N) is 1. The molecular weight excluding hydrogens is 202 g/mol. The number of rotatable bonds is 2. The number of aliphatic carboxylic acids is 1. The molecule has 3 heteroatoms. The smallest absolute Gasteiger partial charge is 0.328 e. The number of carbonyl (C=O) groups is 1. The van der Waals surface area contributed by atoms with E-state index < -0.39 is 5.97 Å². The third kappa shape index (κ3) is 1.72. The summed E-state index contributed by atoms with van der Waals surface area (Å²) in [6.45, 7) is 3.98. The van der Waals surface area contributed by atoms with E-state index >= 15 is 0 Å². The van der Waals surface area contributed by atoms with Gasteiger partial charge in [-0.3, -0.25) is 0 Å². The zero-order valence-corrected chi connectivity index (χ0v) is 9.24. The molecule has 2 N–H and O–H groups in total. The largest absolute Gasteiger partial charge is 0.478 e. The highest BCUT2D eigenvalue weighted by Crippen LogP contribution is 2.25. The average molecular weight is 215 g/mol. The number of aromatic amines is 1. The number of para-hydroxylation sites is 1. The molecule has 1 aromatic heterocycles. The fourth-order valence-corrected chi connectivity index (χ4v) is 1.88. The molecule has 0 spiro atoms. The highest BCUT2D eigenvalue weighted by Gasteiger charge is 2.07. The van der Waals surface area contributed by atoms with Gasteiger partial charge in [-0.05, 0) is 25.5 Å². The Bertz CT molecular complexity index is 579. The molecule has 0 aliphatic carbocycles. The van der Waals surface area contributed by atoms with Crippen LogP contribution in [0.2, 0.25) is 0 Å². The molecule has 0 radical (unpaired) electrons. The van der Waals surface area contributed by atoms with Crippen LogP contribution in [0.5, 0.6) is 0 Å². The molecule has 82 valence electrons. The van der Waals surface area contributed by atoms with Gasteiger partial charge in [-0.1, -0.05) is 18.2 Å². The summed E-state index contributed by atoms with van der Waals surface area (Å²) < 4.78 is 0. The molecule has 0 unspecified atom stereocenters. The summed E-state index contributed by atoms with van der Waals surface area (Å²) in [7, 11) is 0. The zero-order chi connectivity index (χ0) is 11.7. The molecule has 1 heterocycles. The van der Waals surface area contributed by atoms with Crippen molar-refractivity contribution in [3.63, 3.8) is 0 Å². The van der Waals surface area contributed by atoms with Crippen LogP contribution >= 0.6 is 0 Å². The van der Waals surface area contributed by atoms with Crippen molar-refractivity contribution in [2.24, 2.45) is 0 Å². The minimum atomic E-state index is -0.929. The maximum absolute atomic E-state index is 10.5. The minimum absolute atomic E-state index is 0.929. The molecular formula is C13H13NO2. The average Bonchev–Trinajstić information content (AvgIpc) is 2.53. The van der Waals surface area contributed by atoms with E-state index in [0.717, 1.165) is 33.8 Å². The highest BCUT2D eigenvalue weighted by molar-refractivity contribution is 5.95. The van der Waals surface area contributed by atoms with Crippen molar-refractivity contribution in [2.75, 3.05) is 0 Å². The Labute approximate surface area is 93.4 Å². The van der Waals surface area contributed by atoms with E-state index in [0.29, 0.717) is 0 Å². The third-order valence-corrected chi connectivity index (χ3v) is 2.67. The van der Waals surface area contributed by atoms with Crippen LogP contribution in [0.4, 0.5) is 0 Å². The van der Waals surface area contributed by atoms with Crippen molar-refractivity contribution in [1.82, 2.24) is 4.98 Å². The fraction of sp³-hybridized carbons (Fsp3) is 0.154. The van der Waals surface area contributed by atoms with Crippen LogP contribution in [0.25, 0.3) is 17.0 Å². The molecule has 0 atom stereocenters. The van der Waals surface area contributed by atoms with Gasteiger partial charge >= 0.3 is 5.97 Å². The summed E-state index contributed by atoms with van der Waals surface area (Å²) in [5, 5.41) is 9.70. The number of benzene rings is 1. The number of aryl methyl sites for hydroxylation is 2. The van der Waals surface area contributed by atoms with Crippen LogP contribution in [0.3, 0.4) is 0 Å². The first kappa shape index (κ1) is 10.5. The number of hydrogen-bond donors (Lipinski definition) is 2. The quantitative estimate of drug-likeness (QED) is 0.757. The van der Waals surface area contributed by atoms with Gasteiger partial charge in [0.15, 0.2) is 0 Å². The van der Waals surface area contributed by atoms with E-state index in [1.807, 2.05) is 32.0 Å². The van der Waals surface area contributed by atoms with E-state index in [1.54, 1.807) is 6.08 Å². The topological polar surface area (TPSA) is 53.1 Å². The third-order valence-electron chi connectivity index (χ3n) is 2.67. The number of aromatic nitrogens is 1. The van der Waals surface area contributed by atoms with Gasteiger partial charge in [-0.2, -0.15) is 0 Å². The van der Waals surface area contributed by atoms with Gasteiger partial charge < -0.3 is 10.1 Å². The van der Waals surface area contributed by atoms with Crippen molar-refractivity contribution in [3.8, 4) is 0 Å². The second-order valence-electron chi connectivity index (χ2n) is 3.83. The van der Waals surface area contributed by atoms with E-state index in [9.17, 15) is 4.79 Å². The molecule has 16 heavy (non-hydrogen) atoms. The van der Waals surface area contributed by atoms with Gasteiger partial charge in [0.05, 0.1) is 0 Å². The number of hydrogen-bond acceptors (Lipinski definition) is 1. The highest BCUT2D eigenvalue weighted by atomic mass is 16.4. The Hall–Kier alpha value is -2.03. The molecule has 0 amide bonds. The maximum atomic E-state index is 10.5. The molecule has 0 bridgehead atoms. The lowest BCUT2D eigenvalue weighted by atomic mass is 10.1. The molecule has 0 fully saturated rings. The summed E-state index contributed by atoms with van der Waals surface area (Å²) in [4.78, 5) is 13.8. The molecule has 0 saturated carbocycles. The summed E-state index contributed by atoms with van der Waals surface area (Å²) >= 11 is 0. The van der Waals surface area contributed by atoms with E-state index in [-0.39, 0.29) is 0 Å². The Balaban J connectivity index is 2.65. The second kappa shape index (κ2) is 3.85. The molecule has 2 rings (SSSR count). The number of fused-ring (bicyclic) bond motifs is 1. The molecule has 0 saturated heterocycles. The SMILES string of the molecule is Cc1[nH]c2c(C)cccc2c1/C=C/C(=O)O. The monoisotopic (exact) mass is 215 g/mol. The summed E-state index contributed by atoms with van der Waals surface area (Å²) in [6, 6.07) is 6.00. The van der Waals surface area contributed by atoms with Gasteiger partial charge in [0.2, 0.25) is 0 Å². The summed E-state index contributed by atoms with van der Waals surface area (Å²) in [5.41, 5.74) is 4.17. The Morgan fingerprint density at radius 3 is 2.81 bits per heavy atom. The first-order valence-electron chi connectivity index (χ1n) is 5.08. The molecule has 2 aromatic rings. The Morgan fingerprint density at radius 1 is 1.38 bits per heavy atom. The molecule has 3 nitrogen and oxygen atoms in total. The van der Waals surface area contributed by atoms with Crippen molar-refractivity contribution >= 4 is 22.9 Å². The standard InChI is InChI=1S/C13H13NO2/c1-8-4-3-5-11-10(6-7-12(15)16)9(2)14-13(8)11/h3-7,14H,1-2H3,(H,15,16)/b7-6+. The van der Waals surface area contributed by atoms with Gasteiger partial charge in [0.25, 0.3) is 0 Å². The molecule has 0 aliphatic heterocycles. The van der Waals surface area contributed by atoms with Crippen LogP contribution in [-0.4, -0.2) is 16.1 Å². The lowest BCUT2D eigenvalue weighted by Gasteiger charge is -1.95. The normalized spacial score (nSPS) is 11.4. The van der Waals surface area contributed by atoms with Crippen molar-refractivity contribution in [3.05, 3.63) is 41.1 Å². The maximum Gasteiger partial charge on any atom is 0.328 e.